The molecule has 0 fully saturated rings. The number of rotatable bonds is 7. The molecule has 8 heteroatoms. The van der Waals surface area contributed by atoms with Gasteiger partial charge in [0, 0.05) is 28.0 Å². The first-order valence-electron chi connectivity index (χ1n) is 9.82. The molecule has 0 radical (unpaired) electrons. The zero-order valence-corrected chi connectivity index (χ0v) is 18.6. The van der Waals surface area contributed by atoms with Crippen molar-refractivity contribution in [3.63, 3.8) is 0 Å². The molecule has 31 heavy (non-hydrogen) atoms. The number of Topliss-reactive ketones (excluding diaryl/α,β-unsaturated/α-hetero) is 1. The van der Waals surface area contributed by atoms with Gasteiger partial charge in [0.2, 0.25) is 0 Å². The summed E-state index contributed by atoms with van der Waals surface area (Å²) in [5.74, 6) is 1.10. The van der Waals surface area contributed by atoms with Crippen LogP contribution >= 0.6 is 23.1 Å². The lowest BCUT2D eigenvalue weighted by Gasteiger charge is -2.09. The van der Waals surface area contributed by atoms with Crippen molar-refractivity contribution in [1.29, 1.82) is 0 Å². The van der Waals surface area contributed by atoms with E-state index in [4.69, 9.17) is 14.2 Å². The zero-order chi connectivity index (χ0) is 21.6. The van der Waals surface area contributed by atoms with E-state index in [1.807, 2.05) is 24.4 Å². The summed E-state index contributed by atoms with van der Waals surface area (Å²) in [6.07, 6.45) is 0.789. The van der Waals surface area contributed by atoms with E-state index in [1.165, 1.54) is 0 Å². The summed E-state index contributed by atoms with van der Waals surface area (Å²) in [5.41, 5.74) is 1.87. The molecular weight excluding hydrogens is 434 g/mol. The Bertz CT molecular complexity index is 1080. The lowest BCUT2D eigenvalue weighted by molar-refractivity contribution is 0.0474. The van der Waals surface area contributed by atoms with Crippen molar-refractivity contribution in [2.45, 2.75) is 24.0 Å². The third kappa shape index (κ3) is 5.65. The minimum Gasteiger partial charge on any atom is -0.490 e. The standard InChI is InChI=1S/C23H21NO5S2/c1-15-24-18(13-30-15)14-31-19-6-3-16(4-7-19)23(26)29-12-20(25)17-5-8-21-22(11-17)28-10-2-9-27-21/h3-8,11,13H,2,9-10,12,14H2,1H3. The second-order valence-electron chi connectivity index (χ2n) is 6.88. The highest BCUT2D eigenvalue weighted by Crippen LogP contribution is 2.30. The van der Waals surface area contributed by atoms with E-state index in [2.05, 4.69) is 4.98 Å². The first kappa shape index (κ1) is 21.4. The monoisotopic (exact) mass is 455 g/mol. The van der Waals surface area contributed by atoms with Gasteiger partial charge in [0.05, 0.1) is 29.5 Å². The van der Waals surface area contributed by atoms with Crippen LogP contribution in [0.15, 0.2) is 52.7 Å². The van der Waals surface area contributed by atoms with Crippen LogP contribution in [-0.2, 0) is 10.5 Å². The summed E-state index contributed by atoms with van der Waals surface area (Å²) < 4.78 is 16.4. The van der Waals surface area contributed by atoms with Crippen LogP contribution in [0.2, 0.25) is 0 Å². The number of thiazole rings is 1. The Labute approximate surface area is 188 Å². The van der Waals surface area contributed by atoms with Crippen molar-refractivity contribution < 1.29 is 23.8 Å². The van der Waals surface area contributed by atoms with Crippen molar-refractivity contribution in [2.24, 2.45) is 0 Å². The third-order valence-corrected chi connectivity index (χ3v) is 6.42. The Balaban J connectivity index is 1.30. The van der Waals surface area contributed by atoms with Gasteiger partial charge in [-0.15, -0.1) is 23.1 Å². The number of nitrogens with zero attached hydrogens (tertiary/aromatic N) is 1. The molecule has 6 nitrogen and oxygen atoms in total. The fourth-order valence-electron chi connectivity index (χ4n) is 2.95. The fraction of sp³-hybridized carbons (Fsp3) is 0.261. The molecule has 0 N–H and O–H groups in total. The molecule has 2 aromatic carbocycles. The summed E-state index contributed by atoms with van der Waals surface area (Å²) in [4.78, 5) is 30.2. The van der Waals surface area contributed by atoms with Crippen LogP contribution in [0.25, 0.3) is 0 Å². The first-order chi connectivity index (χ1) is 15.1. The van der Waals surface area contributed by atoms with Crippen LogP contribution in [0.1, 0.15) is 37.8 Å². The topological polar surface area (TPSA) is 74.7 Å². The van der Waals surface area contributed by atoms with Gasteiger partial charge in [-0.3, -0.25) is 4.79 Å². The van der Waals surface area contributed by atoms with Gasteiger partial charge in [0.15, 0.2) is 23.9 Å². The Kier molecular flexibility index (Phi) is 6.89. The van der Waals surface area contributed by atoms with E-state index in [0.717, 1.165) is 27.8 Å². The maximum Gasteiger partial charge on any atom is 0.338 e. The quantitative estimate of drug-likeness (QED) is 0.284. The molecule has 2 heterocycles. The molecule has 0 amide bonds. The van der Waals surface area contributed by atoms with Crippen LogP contribution in [0.3, 0.4) is 0 Å². The van der Waals surface area contributed by atoms with E-state index in [1.54, 1.807) is 53.4 Å². The number of esters is 1. The lowest BCUT2D eigenvalue weighted by atomic mass is 10.1. The number of benzene rings is 2. The van der Waals surface area contributed by atoms with E-state index < -0.39 is 5.97 Å². The SMILES string of the molecule is Cc1nc(CSc2ccc(C(=O)OCC(=O)c3ccc4c(c3)OCCCO4)cc2)cs1. The van der Waals surface area contributed by atoms with Gasteiger partial charge in [0.25, 0.3) is 0 Å². The highest BCUT2D eigenvalue weighted by molar-refractivity contribution is 7.98. The molecule has 0 atom stereocenters. The Morgan fingerprint density at radius 2 is 1.81 bits per heavy atom. The molecule has 3 aromatic rings. The second-order valence-corrected chi connectivity index (χ2v) is 8.99. The fourth-order valence-corrected chi connectivity index (χ4v) is 4.46. The smallest absolute Gasteiger partial charge is 0.338 e. The molecule has 0 saturated heterocycles. The number of ketones is 1. The average Bonchev–Trinajstić information content (AvgIpc) is 3.06. The Morgan fingerprint density at radius 1 is 1.06 bits per heavy atom. The van der Waals surface area contributed by atoms with Gasteiger partial charge >= 0.3 is 5.97 Å². The highest BCUT2D eigenvalue weighted by Gasteiger charge is 2.16. The number of fused-ring (bicyclic) bond motifs is 1. The van der Waals surface area contributed by atoms with Gasteiger partial charge in [-0.1, -0.05) is 0 Å². The normalized spacial score (nSPS) is 12.8. The van der Waals surface area contributed by atoms with Crippen molar-refractivity contribution in [1.82, 2.24) is 4.98 Å². The van der Waals surface area contributed by atoms with E-state index in [0.29, 0.717) is 35.8 Å². The molecule has 0 unspecified atom stereocenters. The molecule has 1 aliphatic heterocycles. The number of carbonyl (C=O) groups excluding carboxylic acids is 2. The number of ether oxygens (including phenoxy) is 3. The Morgan fingerprint density at radius 3 is 2.55 bits per heavy atom. The highest BCUT2D eigenvalue weighted by atomic mass is 32.2. The van der Waals surface area contributed by atoms with Gasteiger partial charge in [0.1, 0.15) is 0 Å². The molecule has 1 aromatic heterocycles. The predicted molar refractivity (Wildman–Crippen MR) is 120 cm³/mol. The molecule has 0 bridgehead atoms. The van der Waals surface area contributed by atoms with Crippen LogP contribution in [0.5, 0.6) is 11.5 Å². The molecule has 0 aliphatic carbocycles. The second kappa shape index (κ2) is 9.98. The number of hydrogen-bond donors (Lipinski definition) is 0. The number of carbonyl (C=O) groups is 2. The third-order valence-electron chi connectivity index (χ3n) is 4.55. The average molecular weight is 456 g/mol. The van der Waals surface area contributed by atoms with Crippen LogP contribution < -0.4 is 9.47 Å². The van der Waals surface area contributed by atoms with Crippen molar-refractivity contribution in [3.05, 3.63) is 69.7 Å². The maximum atomic E-state index is 12.4. The van der Waals surface area contributed by atoms with Crippen LogP contribution in [0.4, 0.5) is 0 Å². The predicted octanol–water partition coefficient (Wildman–Crippen LogP) is 4.94. The van der Waals surface area contributed by atoms with Gasteiger partial charge in [-0.05, 0) is 49.4 Å². The maximum absolute atomic E-state index is 12.4. The zero-order valence-electron chi connectivity index (χ0n) is 17.0. The largest absolute Gasteiger partial charge is 0.490 e. The molecule has 4 rings (SSSR count). The van der Waals surface area contributed by atoms with Crippen LogP contribution in [0, 0.1) is 6.92 Å². The summed E-state index contributed by atoms with van der Waals surface area (Å²) >= 11 is 3.28. The molecular formula is C23H21NO5S2. The van der Waals surface area contributed by atoms with E-state index >= 15 is 0 Å². The molecule has 160 valence electrons. The van der Waals surface area contributed by atoms with Crippen molar-refractivity contribution in [2.75, 3.05) is 19.8 Å². The summed E-state index contributed by atoms with van der Waals surface area (Å²) in [6.45, 7) is 2.77. The van der Waals surface area contributed by atoms with Crippen molar-refractivity contribution >= 4 is 34.9 Å². The minimum atomic E-state index is -0.533. The summed E-state index contributed by atoms with van der Waals surface area (Å²) in [5, 5.41) is 3.10. The van der Waals surface area contributed by atoms with Gasteiger partial charge in [-0.25, -0.2) is 9.78 Å². The van der Waals surface area contributed by atoms with Crippen molar-refractivity contribution in [3.8, 4) is 11.5 Å². The van der Waals surface area contributed by atoms with E-state index in [-0.39, 0.29) is 12.4 Å². The molecule has 0 spiro atoms. The number of hydrogen-bond acceptors (Lipinski definition) is 8. The number of aryl methyl sites for hydroxylation is 1. The van der Waals surface area contributed by atoms with Gasteiger partial charge < -0.3 is 14.2 Å². The van der Waals surface area contributed by atoms with Crippen LogP contribution in [-0.4, -0.2) is 36.6 Å². The number of thioether (sulfide) groups is 1. The molecule has 0 saturated carbocycles. The van der Waals surface area contributed by atoms with E-state index in [9.17, 15) is 9.59 Å². The number of aromatic nitrogens is 1. The van der Waals surface area contributed by atoms with Gasteiger partial charge in [-0.2, -0.15) is 0 Å². The molecule has 1 aliphatic rings. The Hall–Kier alpha value is -2.84. The summed E-state index contributed by atoms with van der Waals surface area (Å²) in [7, 11) is 0. The summed E-state index contributed by atoms with van der Waals surface area (Å²) in [6, 6.07) is 12.1. The lowest BCUT2D eigenvalue weighted by Crippen LogP contribution is -2.14. The minimum absolute atomic E-state index is 0.297. The first-order valence-corrected chi connectivity index (χ1v) is 11.7.